The first kappa shape index (κ1) is 13.6. The molecule has 0 fully saturated rings. The Kier molecular flexibility index (Phi) is 3.35. The summed E-state index contributed by atoms with van der Waals surface area (Å²) in [7, 11) is -3.66. The second kappa shape index (κ2) is 5.18. The second-order valence-corrected chi connectivity index (χ2v) is 6.33. The highest BCUT2D eigenvalue weighted by molar-refractivity contribution is 7.90. The van der Waals surface area contributed by atoms with Crippen LogP contribution in [-0.4, -0.2) is 12.4 Å². The Labute approximate surface area is 122 Å². The third kappa shape index (κ3) is 2.48. The van der Waals surface area contributed by atoms with Gasteiger partial charge >= 0.3 is 0 Å². The Morgan fingerprint density at radius 1 is 0.810 bits per heavy atom. The van der Waals surface area contributed by atoms with Crippen molar-refractivity contribution in [3.63, 3.8) is 0 Å². The Morgan fingerprint density at radius 3 is 2.14 bits per heavy atom. The molecule has 0 aliphatic heterocycles. The van der Waals surface area contributed by atoms with Gasteiger partial charge in [-0.2, -0.15) is 0 Å². The van der Waals surface area contributed by atoms with Crippen molar-refractivity contribution in [3.05, 3.63) is 78.7 Å². The van der Waals surface area contributed by atoms with Gasteiger partial charge in [-0.25, -0.2) is 16.8 Å². The molecule has 21 heavy (non-hydrogen) atoms. The number of halogens is 1. The first-order valence-electron chi connectivity index (χ1n) is 6.33. The molecule has 3 rings (SSSR count). The fraction of sp³-hybridized carbons (Fsp3) is 0. The molecule has 0 amide bonds. The van der Waals surface area contributed by atoms with Crippen LogP contribution >= 0.6 is 0 Å². The molecule has 0 aliphatic carbocycles. The summed E-state index contributed by atoms with van der Waals surface area (Å²) in [5, 5.41) is 0. The van der Waals surface area contributed by atoms with Crippen LogP contribution in [0.5, 0.6) is 0 Å². The monoisotopic (exact) mass is 301 g/mol. The highest BCUT2D eigenvalue weighted by Gasteiger charge is 2.19. The summed E-state index contributed by atoms with van der Waals surface area (Å²) in [6.07, 6.45) is 1.49. The Balaban J connectivity index is 2.13. The van der Waals surface area contributed by atoms with E-state index in [0.717, 1.165) is 0 Å². The van der Waals surface area contributed by atoms with Crippen molar-refractivity contribution in [2.45, 2.75) is 4.90 Å². The maximum atomic E-state index is 13.0. The smallest absolute Gasteiger partial charge is 0.241 e. The molecule has 0 N–H and O–H groups in total. The predicted molar refractivity (Wildman–Crippen MR) is 78.9 cm³/mol. The van der Waals surface area contributed by atoms with Gasteiger partial charge < -0.3 is 0 Å². The van der Waals surface area contributed by atoms with Gasteiger partial charge in [-0.1, -0.05) is 18.2 Å². The van der Waals surface area contributed by atoms with Gasteiger partial charge in [0, 0.05) is 6.20 Å². The van der Waals surface area contributed by atoms with E-state index in [-0.39, 0.29) is 10.7 Å². The van der Waals surface area contributed by atoms with Crippen molar-refractivity contribution in [2.75, 3.05) is 0 Å². The number of rotatable bonds is 3. The fourth-order valence-electron chi connectivity index (χ4n) is 2.13. The van der Waals surface area contributed by atoms with Crippen molar-refractivity contribution < 1.29 is 12.8 Å². The first-order valence-corrected chi connectivity index (χ1v) is 7.77. The minimum Gasteiger partial charge on any atom is -0.241 e. The normalized spacial score (nSPS) is 11.5. The van der Waals surface area contributed by atoms with E-state index in [0.29, 0.717) is 11.3 Å². The highest BCUT2D eigenvalue weighted by Crippen LogP contribution is 2.25. The van der Waals surface area contributed by atoms with Gasteiger partial charge in [0.15, 0.2) is 0 Å². The third-order valence-electron chi connectivity index (χ3n) is 3.15. The SMILES string of the molecule is O=S(=O)(c1ccccc1)n1cccc1-c1ccc(F)cc1. The van der Waals surface area contributed by atoms with Gasteiger partial charge in [-0.05, 0) is 54.1 Å². The van der Waals surface area contributed by atoms with Gasteiger partial charge in [0.1, 0.15) is 5.82 Å². The molecule has 0 saturated carbocycles. The van der Waals surface area contributed by atoms with Crippen molar-refractivity contribution in [3.8, 4) is 11.3 Å². The zero-order valence-electron chi connectivity index (χ0n) is 11.0. The minimum absolute atomic E-state index is 0.213. The van der Waals surface area contributed by atoms with Crippen molar-refractivity contribution in [1.29, 1.82) is 0 Å². The average molecular weight is 301 g/mol. The van der Waals surface area contributed by atoms with Crippen molar-refractivity contribution in [1.82, 2.24) is 3.97 Å². The molecule has 0 saturated heterocycles. The molecule has 0 bridgehead atoms. The van der Waals surface area contributed by atoms with Crippen LogP contribution in [0.4, 0.5) is 4.39 Å². The standard InChI is InChI=1S/C16H12FNO2S/c17-14-10-8-13(9-11-14)16-7-4-12-18(16)21(19,20)15-5-2-1-3-6-15/h1-12H. The van der Waals surface area contributed by atoms with E-state index in [2.05, 4.69) is 0 Å². The molecule has 0 radical (unpaired) electrons. The van der Waals surface area contributed by atoms with Gasteiger partial charge in [-0.15, -0.1) is 0 Å². The summed E-state index contributed by atoms with van der Waals surface area (Å²) in [6, 6.07) is 17.3. The molecule has 0 aliphatic rings. The van der Waals surface area contributed by atoms with Crippen LogP contribution < -0.4 is 0 Å². The minimum atomic E-state index is -3.66. The van der Waals surface area contributed by atoms with E-state index in [4.69, 9.17) is 0 Å². The number of hydrogen-bond donors (Lipinski definition) is 0. The second-order valence-electron chi connectivity index (χ2n) is 4.51. The maximum absolute atomic E-state index is 13.0. The topological polar surface area (TPSA) is 39.1 Å². The Morgan fingerprint density at radius 2 is 1.48 bits per heavy atom. The number of hydrogen-bond acceptors (Lipinski definition) is 2. The number of aromatic nitrogens is 1. The van der Waals surface area contributed by atoms with Crippen LogP contribution in [0.1, 0.15) is 0 Å². The van der Waals surface area contributed by atoms with E-state index in [1.165, 1.54) is 22.3 Å². The molecule has 2 aromatic carbocycles. The van der Waals surface area contributed by atoms with E-state index < -0.39 is 10.0 Å². The lowest BCUT2D eigenvalue weighted by Crippen LogP contribution is -2.12. The molecule has 0 atom stereocenters. The zero-order chi connectivity index (χ0) is 14.9. The van der Waals surface area contributed by atoms with Gasteiger partial charge in [0.05, 0.1) is 10.6 Å². The molecule has 1 heterocycles. The summed E-state index contributed by atoms with van der Waals surface area (Å²) in [5.74, 6) is -0.359. The number of benzene rings is 2. The molecule has 0 unspecified atom stereocenters. The number of nitrogens with zero attached hydrogens (tertiary/aromatic N) is 1. The molecule has 1 aromatic heterocycles. The van der Waals surface area contributed by atoms with Crippen LogP contribution in [0.15, 0.2) is 77.8 Å². The summed E-state index contributed by atoms with van der Waals surface area (Å²) < 4.78 is 39.5. The fourth-order valence-corrected chi connectivity index (χ4v) is 3.51. The lowest BCUT2D eigenvalue weighted by molar-refractivity contribution is 0.588. The molecule has 3 aromatic rings. The van der Waals surface area contributed by atoms with Crippen LogP contribution in [0.2, 0.25) is 0 Å². The van der Waals surface area contributed by atoms with E-state index >= 15 is 0 Å². The average Bonchev–Trinajstić information content (AvgIpc) is 2.99. The van der Waals surface area contributed by atoms with Gasteiger partial charge in [-0.3, -0.25) is 0 Å². The molecule has 5 heteroatoms. The summed E-state index contributed by atoms with van der Waals surface area (Å²) in [4.78, 5) is 0.213. The predicted octanol–water partition coefficient (Wildman–Crippen LogP) is 3.53. The molecular weight excluding hydrogens is 289 g/mol. The van der Waals surface area contributed by atoms with Crippen molar-refractivity contribution >= 4 is 10.0 Å². The lowest BCUT2D eigenvalue weighted by Gasteiger charge is -2.10. The largest absolute Gasteiger partial charge is 0.268 e. The van der Waals surface area contributed by atoms with Gasteiger partial charge in [0.2, 0.25) is 0 Å². The van der Waals surface area contributed by atoms with E-state index in [1.54, 1.807) is 54.6 Å². The summed E-state index contributed by atoms with van der Waals surface area (Å²) >= 11 is 0. The zero-order valence-corrected chi connectivity index (χ0v) is 11.8. The van der Waals surface area contributed by atoms with Crippen LogP contribution in [0.25, 0.3) is 11.3 Å². The Bertz CT molecular complexity index is 853. The van der Waals surface area contributed by atoms with Crippen LogP contribution in [-0.2, 0) is 10.0 Å². The molecule has 0 spiro atoms. The van der Waals surface area contributed by atoms with E-state index in [1.807, 2.05) is 0 Å². The molecule has 106 valence electrons. The summed E-state index contributed by atoms with van der Waals surface area (Å²) in [5.41, 5.74) is 1.14. The quantitative estimate of drug-likeness (QED) is 0.742. The first-order chi connectivity index (χ1) is 10.1. The maximum Gasteiger partial charge on any atom is 0.268 e. The van der Waals surface area contributed by atoms with Crippen LogP contribution in [0.3, 0.4) is 0 Å². The lowest BCUT2D eigenvalue weighted by atomic mass is 10.1. The highest BCUT2D eigenvalue weighted by atomic mass is 32.2. The van der Waals surface area contributed by atoms with Gasteiger partial charge in [0.25, 0.3) is 10.0 Å². The third-order valence-corrected chi connectivity index (χ3v) is 4.86. The van der Waals surface area contributed by atoms with Crippen molar-refractivity contribution in [2.24, 2.45) is 0 Å². The van der Waals surface area contributed by atoms with E-state index in [9.17, 15) is 12.8 Å². The van der Waals surface area contributed by atoms with Crippen LogP contribution in [0, 0.1) is 5.82 Å². The summed E-state index contributed by atoms with van der Waals surface area (Å²) in [6.45, 7) is 0. The Hall–Kier alpha value is -2.40. The molecular formula is C16H12FNO2S. The molecule has 3 nitrogen and oxygen atoms in total.